The number of aryl methyl sites for hydroxylation is 1. The van der Waals surface area contributed by atoms with Crippen molar-refractivity contribution in [2.24, 2.45) is 5.92 Å². The topological polar surface area (TPSA) is 117 Å². The van der Waals surface area contributed by atoms with E-state index in [1.165, 1.54) is 6.20 Å². The molecule has 4 N–H and O–H groups in total. The van der Waals surface area contributed by atoms with Crippen LogP contribution in [0.15, 0.2) is 30.5 Å². The number of hydrogen-bond donors (Lipinski definition) is 3. The number of piperidine rings is 1. The first kappa shape index (κ1) is 19.9. The molecule has 1 aromatic heterocycles. The quantitative estimate of drug-likeness (QED) is 0.660. The van der Waals surface area contributed by atoms with Crippen molar-refractivity contribution in [2.75, 3.05) is 17.6 Å². The molecule has 0 spiro atoms. The van der Waals surface area contributed by atoms with Crippen molar-refractivity contribution >= 4 is 29.2 Å². The molecular weight excluding hydrogens is 382 g/mol. The van der Waals surface area contributed by atoms with Gasteiger partial charge in [-0.1, -0.05) is 19.1 Å². The Bertz CT molecular complexity index is 1040. The van der Waals surface area contributed by atoms with Crippen LogP contribution in [0.5, 0.6) is 0 Å². The predicted molar refractivity (Wildman–Crippen MR) is 112 cm³/mol. The van der Waals surface area contributed by atoms with Crippen molar-refractivity contribution in [3.8, 4) is 0 Å². The number of nitrogens with two attached hydrogens (primary N) is 1. The number of pyridine rings is 1. The maximum Gasteiger partial charge on any atom is 0.313 e. The summed E-state index contributed by atoms with van der Waals surface area (Å²) in [7, 11) is 0. The minimum absolute atomic E-state index is 0.0754. The Hall–Kier alpha value is -3.42. The number of likely N-dealkylation sites (tertiary alicyclic amines) is 1. The first-order valence-corrected chi connectivity index (χ1v) is 10.1. The Balaban J connectivity index is 1.56. The van der Waals surface area contributed by atoms with Crippen LogP contribution in [0.25, 0.3) is 0 Å². The molecule has 1 saturated heterocycles. The molecule has 0 bridgehead atoms. The molecule has 0 radical (unpaired) electrons. The molecule has 3 heterocycles. The number of nitrogens with zero attached hydrogens (tertiary/aromatic N) is 2. The number of nitrogens with one attached hydrogen (secondary N) is 2. The molecule has 1 fully saturated rings. The Labute approximate surface area is 174 Å². The number of rotatable bonds is 2. The van der Waals surface area contributed by atoms with Gasteiger partial charge < -0.3 is 21.3 Å². The van der Waals surface area contributed by atoms with Gasteiger partial charge in [-0.25, -0.2) is 4.98 Å². The molecule has 0 saturated carbocycles. The van der Waals surface area contributed by atoms with E-state index in [0.717, 1.165) is 29.5 Å². The first-order chi connectivity index (χ1) is 14.3. The molecule has 2 aliphatic rings. The number of hydrogen-bond acceptors (Lipinski definition) is 5. The highest BCUT2D eigenvalue weighted by Gasteiger charge is 2.35. The average molecular weight is 407 g/mol. The van der Waals surface area contributed by atoms with Gasteiger partial charge in [-0.05, 0) is 54.5 Å². The van der Waals surface area contributed by atoms with Gasteiger partial charge in [0.25, 0.3) is 5.91 Å². The second kappa shape index (κ2) is 7.78. The lowest BCUT2D eigenvalue weighted by atomic mass is 9.88. The van der Waals surface area contributed by atoms with Crippen LogP contribution in [0.2, 0.25) is 0 Å². The van der Waals surface area contributed by atoms with Crippen LogP contribution in [0.3, 0.4) is 0 Å². The second-order valence-corrected chi connectivity index (χ2v) is 8.14. The maximum atomic E-state index is 13.1. The molecule has 0 aliphatic carbocycles. The van der Waals surface area contributed by atoms with Crippen molar-refractivity contribution in [1.29, 1.82) is 0 Å². The van der Waals surface area contributed by atoms with E-state index in [9.17, 15) is 14.4 Å². The normalized spacial score (nSPS) is 20.5. The molecule has 0 unspecified atom stereocenters. The zero-order valence-corrected chi connectivity index (χ0v) is 17.1. The zero-order valence-electron chi connectivity index (χ0n) is 17.1. The summed E-state index contributed by atoms with van der Waals surface area (Å²) in [4.78, 5) is 43.3. The summed E-state index contributed by atoms with van der Waals surface area (Å²) in [5.41, 5.74) is 9.42. The lowest BCUT2D eigenvalue weighted by Crippen LogP contribution is -2.46. The molecule has 156 valence electrons. The van der Waals surface area contributed by atoms with Crippen molar-refractivity contribution in [1.82, 2.24) is 15.2 Å². The average Bonchev–Trinajstić information content (AvgIpc) is 3.10. The molecule has 4 rings (SSSR count). The lowest BCUT2D eigenvalue weighted by Gasteiger charge is -2.38. The van der Waals surface area contributed by atoms with Crippen LogP contribution in [0.4, 0.5) is 11.5 Å². The van der Waals surface area contributed by atoms with Crippen LogP contribution in [0.1, 0.15) is 52.9 Å². The van der Waals surface area contributed by atoms with Gasteiger partial charge in [-0.2, -0.15) is 0 Å². The largest absolute Gasteiger partial charge is 0.383 e. The van der Waals surface area contributed by atoms with Gasteiger partial charge in [0.2, 0.25) is 0 Å². The molecular formula is C22H25N5O3. The van der Waals surface area contributed by atoms with E-state index in [4.69, 9.17) is 5.73 Å². The van der Waals surface area contributed by atoms with E-state index in [0.29, 0.717) is 36.1 Å². The number of amides is 3. The van der Waals surface area contributed by atoms with Gasteiger partial charge in [0.05, 0.1) is 17.9 Å². The first-order valence-electron chi connectivity index (χ1n) is 10.1. The van der Waals surface area contributed by atoms with Crippen LogP contribution in [-0.2, 0) is 16.1 Å². The number of fused-ring (bicyclic) bond motifs is 1. The van der Waals surface area contributed by atoms with Gasteiger partial charge in [-0.3, -0.25) is 14.4 Å². The molecule has 30 heavy (non-hydrogen) atoms. The fraction of sp³-hybridized carbons (Fsp3) is 0.364. The van der Waals surface area contributed by atoms with Gasteiger partial charge >= 0.3 is 11.8 Å². The highest BCUT2D eigenvalue weighted by molar-refractivity contribution is 6.39. The number of benzene rings is 1. The third-order valence-corrected chi connectivity index (χ3v) is 5.85. The number of nitrogen functional groups attached to an aromatic ring is 1. The maximum absolute atomic E-state index is 13.1. The summed E-state index contributed by atoms with van der Waals surface area (Å²) in [5, 5.41) is 5.45. The second-order valence-electron chi connectivity index (χ2n) is 8.14. The fourth-order valence-electron chi connectivity index (χ4n) is 4.15. The highest BCUT2D eigenvalue weighted by atomic mass is 16.2. The predicted octanol–water partition coefficient (Wildman–Crippen LogP) is 2.15. The summed E-state index contributed by atoms with van der Waals surface area (Å²) in [6, 6.07) is 7.15. The van der Waals surface area contributed by atoms with Crippen molar-refractivity contribution in [3.63, 3.8) is 0 Å². The highest BCUT2D eigenvalue weighted by Crippen LogP contribution is 2.35. The summed E-state index contributed by atoms with van der Waals surface area (Å²) >= 11 is 0. The minimum atomic E-state index is -0.696. The van der Waals surface area contributed by atoms with Crippen LogP contribution < -0.4 is 16.4 Å². The van der Waals surface area contributed by atoms with E-state index >= 15 is 0 Å². The smallest absolute Gasteiger partial charge is 0.313 e. The van der Waals surface area contributed by atoms with Crippen molar-refractivity contribution in [3.05, 3.63) is 52.7 Å². The third-order valence-electron chi connectivity index (χ3n) is 5.85. The Morgan fingerprint density at radius 1 is 1.27 bits per heavy atom. The SMILES string of the molecule is Cc1cc(NC(=O)C(=O)N2C[C@@H](C)CC[C@@H]2c2ccc3c(c2)CNC3=O)cnc1N. The molecule has 3 amide bonds. The Morgan fingerprint density at radius 2 is 2.07 bits per heavy atom. The summed E-state index contributed by atoms with van der Waals surface area (Å²) in [6.45, 7) is 4.86. The number of carbonyl (C=O) groups excluding carboxylic acids is 3. The monoisotopic (exact) mass is 407 g/mol. The van der Waals surface area contributed by atoms with E-state index in [2.05, 4.69) is 22.5 Å². The molecule has 2 aromatic rings. The van der Waals surface area contributed by atoms with Gasteiger partial charge in [0, 0.05) is 18.7 Å². The summed E-state index contributed by atoms with van der Waals surface area (Å²) in [6.07, 6.45) is 3.17. The zero-order chi connectivity index (χ0) is 21.4. The van der Waals surface area contributed by atoms with Crippen molar-refractivity contribution < 1.29 is 14.4 Å². The minimum Gasteiger partial charge on any atom is -0.383 e. The summed E-state index contributed by atoms with van der Waals surface area (Å²) < 4.78 is 0. The van der Waals surface area contributed by atoms with Crippen LogP contribution >= 0.6 is 0 Å². The molecule has 8 heteroatoms. The van der Waals surface area contributed by atoms with E-state index in [-0.39, 0.29) is 11.9 Å². The molecule has 2 atom stereocenters. The molecule has 1 aromatic carbocycles. The van der Waals surface area contributed by atoms with Gasteiger partial charge in [0.15, 0.2) is 0 Å². The standard InChI is InChI=1S/C22H25N5O3/c1-12-3-6-18(14-4-5-17-15(8-14)9-25-20(17)28)27(11-12)22(30)21(29)26-16-7-13(2)19(23)24-10-16/h4-5,7-8,10,12,18H,3,6,9,11H2,1-2H3,(H2,23,24)(H,25,28)(H,26,29)/t12-,18+/m0/s1. The number of anilines is 2. The Morgan fingerprint density at radius 3 is 2.83 bits per heavy atom. The van der Waals surface area contributed by atoms with Crippen molar-refractivity contribution in [2.45, 2.75) is 39.3 Å². The number of aromatic nitrogens is 1. The summed E-state index contributed by atoms with van der Waals surface area (Å²) in [5.74, 6) is -0.660. The molecule has 8 nitrogen and oxygen atoms in total. The Kier molecular flexibility index (Phi) is 5.15. The third kappa shape index (κ3) is 3.72. The number of carbonyl (C=O) groups is 3. The van der Waals surface area contributed by atoms with Crippen LogP contribution in [-0.4, -0.2) is 34.2 Å². The van der Waals surface area contributed by atoms with E-state index in [1.807, 2.05) is 12.1 Å². The fourth-order valence-corrected chi connectivity index (χ4v) is 4.15. The van der Waals surface area contributed by atoms with E-state index in [1.54, 1.807) is 24.0 Å². The van der Waals surface area contributed by atoms with Gasteiger partial charge in [-0.15, -0.1) is 0 Å². The van der Waals surface area contributed by atoms with Gasteiger partial charge in [0.1, 0.15) is 5.82 Å². The lowest BCUT2D eigenvalue weighted by molar-refractivity contribution is -0.146. The molecule has 2 aliphatic heterocycles. The van der Waals surface area contributed by atoms with E-state index < -0.39 is 11.8 Å². The van der Waals surface area contributed by atoms with Crippen LogP contribution in [0, 0.1) is 12.8 Å².